The molecule has 8 rings (SSSR count). The quantitative estimate of drug-likeness (QED) is 0.0709. The molecule has 0 aromatic carbocycles. The van der Waals surface area contributed by atoms with E-state index < -0.39 is 0 Å². The molecule has 0 aromatic heterocycles. The second-order valence-corrected chi connectivity index (χ2v) is 26.2. The van der Waals surface area contributed by atoms with Crippen molar-refractivity contribution in [3.63, 3.8) is 0 Å². The molecule has 83 heavy (non-hydrogen) atoms. The molecule has 0 aliphatic heterocycles. The van der Waals surface area contributed by atoms with Crippen LogP contribution in [0, 0.1) is 47.3 Å². The maximum atomic E-state index is 9.56. The Bertz CT molecular complexity index is 1620. The highest BCUT2D eigenvalue weighted by atomic mass is 16.3. The third kappa shape index (κ3) is 42.2. The third-order valence-corrected chi connectivity index (χ3v) is 18.9. The molecule has 0 heterocycles. The Balaban J connectivity index is 0.000000474. The van der Waals surface area contributed by atoms with Crippen molar-refractivity contribution in [2.45, 2.75) is 326 Å². The van der Waals surface area contributed by atoms with Crippen LogP contribution >= 0.6 is 0 Å². The Morgan fingerprint density at radius 2 is 0.711 bits per heavy atom. The summed E-state index contributed by atoms with van der Waals surface area (Å²) in [6.07, 6.45) is 67.7. The van der Waals surface area contributed by atoms with Crippen molar-refractivity contribution in [1.29, 1.82) is 0 Å². The van der Waals surface area contributed by atoms with Crippen molar-refractivity contribution >= 4 is 0 Å². The van der Waals surface area contributed by atoms with Crippen molar-refractivity contribution in [2.24, 2.45) is 47.3 Å². The van der Waals surface area contributed by atoms with E-state index >= 15 is 0 Å². The van der Waals surface area contributed by atoms with E-state index in [9.17, 15) is 35.7 Å². The van der Waals surface area contributed by atoms with Gasteiger partial charge in [-0.3, -0.25) is 0 Å². The van der Waals surface area contributed by atoms with Crippen LogP contribution in [0.3, 0.4) is 0 Å². The first-order valence-corrected chi connectivity index (χ1v) is 34.5. The van der Waals surface area contributed by atoms with Crippen LogP contribution in [0.4, 0.5) is 0 Å². The molecule has 8 saturated carbocycles. The number of rotatable bonds is 16. The van der Waals surface area contributed by atoms with Crippen molar-refractivity contribution in [3.05, 3.63) is 99.7 Å². The summed E-state index contributed by atoms with van der Waals surface area (Å²) in [7, 11) is 0. The highest BCUT2D eigenvalue weighted by molar-refractivity contribution is 4.92. The van der Waals surface area contributed by atoms with Gasteiger partial charge in [0.15, 0.2) is 0 Å². The van der Waals surface area contributed by atoms with Gasteiger partial charge in [-0.1, -0.05) is 118 Å². The van der Waals surface area contributed by atoms with Gasteiger partial charge in [-0.2, -0.15) is 0 Å². The van der Waals surface area contributed by atoms with E-state index in [-0.39, 0.29) is 48.8 Å². The Kier molecular flexibility index (Phi) is 49.9. The van der Waals surface area contributed by atoms with Crippen molar-refractivity contribution in [2.75, 3.05) is 0 Å². The number of hydrogen-bond acceptors (Lipinski definition) is 8. The van der Waals surface area contributed by atoms with Crippen molar-refractivity contribution < 1.29 is 40.9 Å². The summed E-state index contributed by atoms with van der Waals surface area (Å²) in [4.78, 5) is 0. The molecule has 8 aliphatic rings. The van der Waals surface area contributed by atoms with Gasteiger partial charge in [-0.15, -0.1) is 32.9 Å². The summed E-state index contributed by atoms with van der Waals surface area (Å²) in [6, 6.07) is 0. The first-order valence-electron chi connectivity index (χ1n) is 34.5. The van der Waals surface area contributed by atoms with Gasteiger partial charge in [-0.25, -0.2) is 0 Å². The van der Waals surface area contributed by atoms with Crippen LogP contribution in [0.25, 0.3) is 0 Å². The lowest BCUT2D eigenvalue weighted by Gasteiger charge is -2.26. The highest BCUT2D eigenvalue weighted by Gasteiger charge is 2.24. The Hall–Kier alpha value is -2.40. The van der Waals surface area contributed by atoms with E-state index in [1.165, 1.54) is 128 Å². The van der Waals surface area contributed by atoms with Crippen LogP contribution in [-0.2, 0) is 0 Å². The van der Waals surface area contributed by atoms with Crippen LogP contribution in [0.1, 0.15) is 278 Å². The monoisotopic (exact) mass is 1160 g/mol. The molecule has 0 bridgehead atoms. The molecule has 482 valence electrons. The fourth-order valence-corrected chi connectivity index (χ4v) is 13.7. The van der Waals surface area contributed by atoms with Crippen LogP contribution in [0.5, 0.6) is 0 Å². The number of aliphatic hydroxyl groups excluding tert-OH is 8. The summed E-state index contributed by atoms with van der Waals surface area (Å²) in [5, 5.41) is 74.5. The second kappa shape index (κ2) is 52.7. The van der Waals surface area contributed by atoms with E-state index in [2.05, 4.69) is 70.2 Å². The second-order valence-electron chi connectivity index (χ2n) is 26.2. The van der Waals surface area contributed by atoms with Crippen LogP contribution < -0.4 is 0 Å². The van der Waals surface area contributed by atoms with Crippen molar-refractivity contribution in [1.82, 2.24) is 0 Å². The average molecular weight is 1160 g/mol. The van der Waals surface area contributed by atoms with E-state index in [1.54, 1.807) is 0 Å². The molecular formula is C75H134O8. The van der Waals surface area contributed by atoms with Crippen molar-refractivity contribution in [3.8, 4) is 0 Å². The molecule has 0 aromatic rings. The summed E-state index contributed by atoms with van der Waals surface area (Å²) >= 11 is 0. The largest absolute Gasteiger partial charge is 0.393 e. The zero-order valence-corrected chi connectivity index (χ0v) is 54.0. The molecule has 8 aliphatic carbocycles. The average Bonchev–Trinajstić information content (AvgIpc) is 3.48. The number of aliphatic hydroxyl groups is 8. The lowest BCUT2D eigenvalue weighted by molar-refractivity contribution is 0.0659. The Labute approximate surface area is 512 Å². The fraction of sp³-hybridized carbons (Fsp3) is 0.787. The summed E-state index contributed by atoms with van der Waals surface area (Å²) < 4.78 is 0. The molecule has 10 unspecified atom stereocenters. The third-order valence-electron chi connectivity index (χ3n) is 18.9. The van der Waals surface area contributed by atoms with Crippen LogP contribution in [-0.4, -0.2) is 89.7 Å². The van der Waals surface area contributed by atoms with Gasteiger partial charge in [0, 0.05) is 5.92 Å². The zero-order valence-electron chi connectivity index (χ0n) is 54.0. The van der Waals surface area contributed by atoms with Gasteiger partial charge in [-0.05, 0) is 268 Å². The van der Waals surface area contributed by atoms with Gasteiger partial charge in [0.25, 0.3) is 0 Å². The van der Waals surface area contributed by atoms with E-state index in [0.29, 0.717) is 23.7 Å². The molecule has 8 heteroatoms. The van der Waals surface area contributed by atoms with E-state index in [0.717, 1.165) is 152 Å². The first-order chi connectivity index (χ1) is 40.1. The molecule has 0 amide bonds. The van der Waals surface area contributed by atoms with Gasteiger partial charge >= 0.3 is 0 Å². The molecule has 0 spiro atoms. The van der Waals surface area contributed by atoms with E-state index in [4.69, 9.17) is 5.11 Å². The standard InChI is InChI=1S/3C10H18O.5C9H16O/c1-2-3-6-9-7-4-5-8-10(9)11;1-2-3-5-9-6-4-7-10(11)8-9;1-2-3-4-9-5-7-10(11)8-6-9;1-2-5-8-6-3-4-7-9(8)10;2*1-2-4-8-5-3-6-9(10)7-8;2*1-2-3-8-4-6-9(10)7-5-8/h3*2,9-11H,1,3-8H2;2,5,8-10H,3-4,6-7H2,1H3;2,4,8-10H,3,5-7H2,1H3;2,8-10H,1,3-7H2;2-3,8-10H,4-7H2,1H3;2,8-10H,1,3-7H2. The van der Waals surface area contributed by atoms with Crippen LogP contribution in [0.15, 0.2) is 99.7 Å². The molecule has 0 saturated heterocycles. The maximum Gasteiger partial charge on any atom is 0.0602 e. The van der Waals surface area contributed by atoms with Crippen LogP contribution in [0.2, 0.25) is 0 Å². The predicted molar refractivity (Wildman–Crippen MR) is 356 cm³/mol. The minimum Gasteiger partial charge on any atom is -0.393 e. The molecule has 0 radical (unpaired) electrons. The fourth-order valence-electron chi connectivity index (χ4n) is 13.7. The SMILES string of the molecule is C=CCC1CCC(O)CC1.C=CCC1CCCC(O)C1.C=CCCC1CCC(O)CC1.C=CCCC1CCCC(O)C1.C=CCCC1CCCCC1O.CC=CC1CCC(O)CC1.CC=CC1CCCC(O)C1.CC=CC1CCCCC1O. The van der Waals surface area contributed by atoms with Gasteiger partial charge in [0.05, 0.1) is 48.8 Å². The highest BCUT2D eigenvalue weighted by Crippen LogP contribution is 2.32. The zero-order chi connectivity index (χ0) is 61.3. The Morgan fingerprint density at radius 3 is 1.19 bits per heavy atom. The number of hydrogen-bond donors (Lipinski definition) is 8. The van der Waals surface area contributed by atoms with Gasteiger partial charge < -0.3 is 40.9 Å². The smallest absolute Gasteiger partial charge is 0.0602 e. The minimum absolute atomic E-state index is 0.00465. The Morgan fingerprint density at radius 1 is 0.301 bits per heavy atom. The lowest BCUT2D eigenvalue weighted by Crippen LogP contribution is -2.23. The molecule has 8 fully saturated rings. The van der Waals surface area contributed by atoms with E-state index in [1.807, 2.05) is 50.3 Å². The summed E-state index contributed by atoms with van der Waals surface area (Å²) in [5.74, 6) is 5.53. The normalized spacial score (nSPS) is 33.4. The van der Waals surface area contributed by atoms with Gasteiger partial charge in [0.1, 0.15) is 0 Å². The minimum atomic E-state index is -0.0649. The topological polar surface area (TPSA) is 162 Å². The van der Waals surface area contributed by atoms with Gasteiger partial charge in [0.2, 0.25) is 0 Å². The molecule has 8 nitrogen and oxygen atoms in total. The summed E-state index contributed by atoms with van der Waals surface area (Å²) in [5.41, 5.74) is 0. The summed E-state index contributed by atoms with van der Waals surface area (Å²) in [6.45, 7) is 24.6. The number of allylic oxidation sites excluding steroid dienone is 10. The lowest BCUT2D eigenvalue weighted by atomic mass is 9.84. The maximum absolute atomic E-state index is 9.56. The molecular weight excluding hydrogens is 1030 g/mol. The molecule has 8 N–H and O–H groups in total. The first kappa shape index (κ1) is 78.6. The predicted octanol–water partition coefficient (Wildman–Crippen LogP) is 18.1. The molecule has 10 atom stereocenters.